The first-order chi connectivity index (χ1) is 10.2. The average molecular weight is 284 g/mol. The number of piperidine rings is 1. The summed E-state index contributed by atoms with van der Waals surface area (Å²) in [6.45, 7) is 3.03. The number of benzene rings is 1. The van der Waals surface area contributed by atoms with Crippen molar-refractivity contribution < 1.29 is 4.79 Å². The molecule has 2 aromatic rings. The highest BCUT2D eigenvalue weighted by Crippen LogP contribution is 2.23. The van der Waals surface area contributed by atoms with Crippen LogP contribution < -0.4 is 10.6 Å². The molecular formula is C16H20N4O. The fourth-order valence-electron chi connectivity index (χ4n) is 2.81. The van der Waals surface area contributed by atoms with Gasteiger partial charge >= 0.3 is 0 Å². The summed E-state index contributed by atoms with van der Waals surface area (Å²) < 4.78 is 1.90. The maximum Gasteiger partial charge on any atom is 0.227 e. The Hall–Kier alpha value is -2.14. The van der Waals surface area contributed by atoms with Crippen LogP contribution in [0.5, 0.6) is 0 Å². The summed E-state index contributed by atoms with van der Waals surface area (Å²) in [6, 6.07) is 8.19. The molecule has 1 fully saturated rings. The number of hydrogen-bond acceptors (Lipinski definition) is 3. The second-order valence-electron chi connectivity index (χ2n) is 5.55. The Kier molecular flexibility index (Phi) is 4.01. The van der Waals surface area contributed by atoms with Crippen LogP contribution in [0.15, 0.2) is 43.0 Å². The molecule has 0 saturated carbocycles. The number of nitrogens with one attached hydrogen (secondary N) is 2. The van der Waals surface area contributed by atoms with Crippen molar-refractivity contribution in [3.05, 3.63) is 43.0 Å². The lowest BCUT2D eigenvalue weighted by Crippen LogP contribution is -2.40. The molecule has 1 aliphatic heterocycles. The van der Waals surface area contributed by atoms with E-state index in [0.29, 0.717) is 6.04 Å². The minimum absolute atomic E-state index is 0.0806. The van der Waals surface area contributed by atoms with Gasteiger partial charge in [0, 0.05) is 24.4 Å². The molecule has 2 heterocycles. The predicted octanol–water partition coefficient (Wildman–Crippen LogP) is 2.20. The maximum absolute atomic E-state index is 12.5. The standard InChI is InChI=1S/C16H20N4O/c1-12-10-13(6-7-18-12)16(21)19-14-4-2-3-5-15(14)20-9-8-17-11-20/h2-5,8-9,11-13,18H,6-7,10H2,1H3,(H,19,21). The van der Waals surface area contributed by atoms with Crippen LogP contribution in [0.4, 0.5) is 5.69 Å². The summed E-state index contributed by atoms with van der Waals surface area (Å²) in [7, 11) is 0. The molecule has 21 heavy (non-hydrogen) atoms. The third-order valence-corrected chi connectivity index (χ3v) is 3.94. The van der Waals surface area contributed by atoms with E-state index in [1.807, 2.05) is 35.0 Å². The summed E-state index contributed by atoms with van der Waals surface area (Å²) >= 11 is 0. The Morgan fingerprint density at radius 2 is 2.29 bits per heavy atom. The normalized spacial score (nSPS) is 22.0. The van der Waals surface area contributed by atoms with Crippen LogP contribution in [0.1, 0.15) is 19.8 Å². The molecule has 0 spiro atoms. The van der Waals surface area contributed by atoms with Crippen molar-refractivity contribution in [2.24, 2.45) is 5.92 Å². The fourth-order valence-corrected chi connectivity index (χ4v) is 2.81. The SMILES string of the molecule is CC1CC(C(=O)Nc2ccccc2-n2ccnc2)CCN1. The van der Waals surface area contributed by atoms with Gasteiger partial charge < -0.3 is 15.2 Å². The number of hydrogen-bond donors (Lipinski definition) is 2. The molecule has 2 N–H and O–H groups in total. The molecule has 3 rings (SSSR count). The Morgan fingerprint density at radius 1 is 1.43 bits per heavy atom. The zero-order chi connectivity index (χ0) is 14.7. The molecule has 1 aliphatic rings. The number of carbonyl (C=O) groups is 1. The zero-order valence-electron chi connectivity index (χ0n) is 12.1. The van der Waals surface area contributed by atoms with Gasteiger partial charge in [-0.3, -0.25) is 4.79 Å². The van der Waals surface area contributed by atoms with E-state index in [0.717, 1.165) is 30.8 Å². The molecule has 0 aliphatic carbocycles. The molecule has 1 aromatic carbocycles. The summed E-state index contributed by atoms with van der Waals surface area (Å²) in [5.41, 5.74) is 1.76. The molecule has 5 nitrogen and oxygen atoms in total. The lowest BCUT2D eigenvalue weighted by molar-refractivity contribution is -0.120. The number of anilines is 1. The summed E-state index contributed by atoms with van der Waals surface area (Å²) in [6.07, 6.45) is 7.12. The van der Waals surface area contributed by atoms with E-state index in [4.69, 9.17) is 0 Å². The van der Waals surface area contributed by atoms with Gasteiger partial charge in [-0.15, -0.1) is 0 Å². The fraction of sp³-hybridized carbons (Fsp3) is 0.375. The Bertz CT molecular complexity index is 608. The van der Waals surface area contributed by atoms with Gasteiger partial charge in [0.1, 0.15) is 0 Å². The molecule has 1 aromatic heterocycles. The van der Waals surface area contributed by atoms with Crippen LogP contribution in [-0.4, -0.2) is 28.0 Å². The van der Waals surface area contributed by atoms with E-state index >= 15 is 0 Å². The largest absolute Gasteiger partial charge is 0.324 e. The van der Waals surface area contributed by atoms with E-state index < -0.39 is 0 Å². The second kappa shape index (κ2) is 6.10. The number of nitrogens with zero attached hydrogens (tertiary/aromatic N) is 2. The van der Waals surface area contributed by atoms with Crippen LogP contribution >= 0.6 is 0 Å². The molecule has 2 atom stereocenters. The molecule has 1 amide bonds. The maximum atomic E-state index is 12.5. The molecule has 0 bridgehead atoms. The number of aromatic nitrogens is 2. The summed E-state index contributed by atoms with van der Waals surface area (Å²) in [5.74, 6) is 0.188. The molecule has 2 unspecified atom stereocenters. The van der Waals surface area contributed by atoms with Crippen LogP contribution in [0.2, 0.25) is 0 Å². The van der Waals surface area contributed by atoms with Gasteiger partial charge in [0.25, 0.3) is 0 Å². The van der Waals surface area contributed by atoms with Crippen molar-refractivity contribution >= 4 is 11.6 Å². The number of para-hydroxylation sites is 2. The van der Waals surface area contributed by atoms with Gasteiger partial charge in [-0.2, -0.15) is 0 Å². The van der Waals surface area contributed by atoms with Gasteiger partial charge in [0.15, 0.2) is 0 Å². The minimum Gasteiger partial charge on any atom is -0.324 e. The van der Waals surface area contributed by atoms with Gasteiger partial charge in [-0.25, -0.2) is 4.98 Å². The van der Waals surface area contributed by atoms with Crippen molar-refractivity contribution in [3.8, 4) is 5.69 Å². The quantitative estimate of drug-likeness (QED) is 0.908. The first-order valence-corrected chi connectivity index (χ1v) is 7.35. The third-order valence-electron chi connectivity index (χ3n) is 3.94. The van der Waals surface area contributed by atoms with Gasteiger partial charge in [0.2, 0.25) is 5.91 Å². The smallest absolute Gasteiger partial charge is 0.227 e. The zero-order valence-corrected chi connectivity index (χ0v) is 12.1. The first-order valence-electron chi connectivity index (χ1n) is 7.35. The number of imidazole rings is 1. The number of rotatable bonds is 3. The monoisotopic (exact) mass is 284 g/mol. The third kappa shape index (κ3) is 3.13. The van der Waals surface area contributed by atoms with E-state index in [1.54, 1.807) is 12.5 Å². The number of carbonyl (C=O) groups excluding carboxylic acids is 1. The van der Waals surface area contributed by atoms with Crippen molar-refractivity contribution in [3.63, 3.8) is 0 Å². The van der Waals surface area contributed by atoms with Crippen molar-refractivity contribution in [1.82, 2.24) is 14.9 Å². The van der Waals surface area contributed by atoms with Crippen LogP contribution in [0.3, 0.4) is 0 Å². The Balaban J connectivity index is 1.77. The molecule has 5 heteroatoms. The lowest BCUT2D eigenvalue weighted by Gasteiger charge is -2.27. The van der Waals surface area contributed by atoms with Gasteiger partial charge in [-0.1, -0.05) is 12.1 Å². The van der Waals surface area contributed by atoms with Gasteiger partial charge in [0.05, 0.1) is 17.7 Å². The predicted molar refractivity (Wildman–Crippen MR) is 82.4 cm³/mol. The van der Waals surface area contributed by atoms with Crippen LogP contribution in [-0.2, 0) is 4.79 Å². The highest BCUT2D eigenvalue weighted by molar-refractivity contribution is 5.94. The van der Waals surface area contributed by atoms with E-state index in [-0.39, 0.29) is 11.8 Å². The van der Waals surface area contributed by atoms with Crippen molar-refractivity contribution in [2.45, 2.75) is 25.8 Å². The van der Waals surface area contributed by atoms with E-state index in [1.165, 1.54) is 0 Å². The van der Waals surface area contributed by atoms with Crippen LogP contribution in [0, 0.1) is 5.92 Å². The minimum atomic E-state index is 0.0806. The van der Waals surface area contributed by atoms with Gasteiger partial charge in [-0.05, 0) is 38.4 Å². The van der Waals surface area contributed by atoms with Crippen molar-refractivity contribution in [1.29, 1.82) is 0 Å². The summed E-state index contributed by atoms with van der Waals surface area (Å²) in [4.78, 5) is 16.5. The van der Waals surface area contributed by atoms with Crippen molar-refractivity contribution in [2.75, 3.05) is 11.9 Å². The number of amides is 1. The molecule has 1 saturated heterocycles. The highest BCUT2D eigenvalue weighted by atomic mass is 16.1. The molecule has 0 radical (unpaired) electrons. The van der Waals surface area contributed by atoms with Crippen LogP contribution in [0.25, 0.3) is 5.69 Å². The Morgan fingerprint density at radius 3 is 3.05 bits per heavy atom. The summed E-state index contributed by atoms with van der Waals surface area (Å²) in [5, 5.41) is 6.45. The van der Waals surface area contributed by atoms with E-state index in [2.05, 4.69) is 22.5 Å². The molecule has 110 valence electrons. The Labute approximate surface area is 124 Å². The molecular weight excluding hydrogens is 264 g/mol. The topological polar surface area (TPSA) is 59.0 Å². The second-order valence-corrected chi connectivity index (χ2v) is 5.55. The first kappa shape index (κ1) is 13.8. The van der Waals surface area contributed by atoms with E-state index in [9.17, 15) is 4.79 Å². The highest BCUT2D eigenvalue weighted by Gasteiger charge is 2.25. The lowest BCUT2D eigenvalue weighted by atomic mass is 9.92. The average Bonchev–Trinajstić information content (AvgIpc) is 3.02.